The molecule has 2 rings (SSSR count). The van der Waals surface area contributed by atoms with Crippen molar-refractivity contribution < 1.29 is 5.11 Å². The van der Waals surface area contributed by atoms with Crippen molar-refractivity contribution in [1.82, 2.24) is 25.1 Å². The molecule has 1 N–H and O–H groups in total. The van der Waals surface area contributed by atoms with E-state index < -0.39 is 0 Å². The van der Waals surface area contributed by atoms with Crippen LogP contribution in [0.3, 0.4) is 0 Å². The number of hydrogen-bond donors (Lipinski definition) is 1. The zero-order chi connectivity index (χ0) is 12.1. The van der Waals surface area contributed by atoms with Gasteiger partial charge >= 0.3 is 0 Å². The molecule has 0 bridgehead atoms. The second-order valence-corrected chi connectivity index (χ2v) is 3.80. The van der Waals surface area contributed by atoms with Crippen LogP contribution < -0.4 is 0 Å². The number of nitrogens with zero attached hydrogens (tertiary/aromatic N) is 5. The summed E-state index contributed by atoms with van der Waals surface area (Å²) in [5.74, 6) is 0.757. The lowest BCUT2D eigenvalue weighted by atomic mass is 10.3. The number of rotatable bonds is 5. The van der Waals surface area contributed by atoms with Crippen LogP contribution in [0.25, 0.3) is 5.69 Å². The lowest BCUT2D eigenvalue weighted by Crippen LogP contribution is -2.23. The van der Waals surface area contributed by atoms with Crippen molar-refractivity contribution in [2.75, 3.05) is 20.2 Å². The van der Waals surface area contributed by atoms with Crippen molar-refractivity contribution in [3.05, 3.63) is 36.2 Å². The highest BCUT2D eigenvalue weighted by atomic mass is 16.3. The maximum absolute atomic E-state index is 8.85. The maximum Gasteiger partial charge on any atom is 0.170 e. The van der Waals surface area contributed by atoms with Crippen molar-refractivity contribution in [1.29, 1.82) is 0 Å². The molecule has 0 aliphatic rings. The normalized spacial score (nSPS) is 11.0. The molecule has 6 heteroatoms. The van der Waals surface area contributed by atoms with Crippen molar-refractivity contribution in [3.8, 4) is 5.69 Å². The molecular weight excluding hydrogens is 218 g/mol. The highest BCUT2D eigenvalue weighted by Crippen LogP contribution is 2.08. The van der Waals surface area contributed by atoms with Crippen molar-refractivity contribution in [3.63, 3.8) is 0 Å². The molecule has 0 aliphatic heterocycles. The van der Waals surface area contributed by atoms with Crippen LogP contribution in [0.2, 0.25) is 0 Å². The molecule has 0 radical (unpaired) electrons. The first-order valence-electron chi connectivity index (χ1n) is 5.43. The SMILES string of the molecule is CN(CCO)Cc1nnnn1-c1ccccc1. The zero-order valence-corrected chi connectivity index (χ0v) is 9.69. The van der Waals surface area contributed by atoms with Crippen LogP contribution in [-0.2, 0) is 6.54 Å². The van der Waals surface area contributed by atoms with E-state index in [1.165, 1.54) is 0 Å². The van der Waals surface area contributed by atoms with E-state index in [1.54, 1.807) is 4.68 Å². The summed E-state index contributed by atoms with van der Waals surface area (Å²) in [6.07, 6.45) is 0. The van der Waals surface area contributed by atoms with E-state index in [0.29, 0.717) is 13.1 Å². The van der Waals surface area contributed by atoms with Gasteiger partial charge in [0.05, 0.1) is 18.8 Å². The number of aliphatic hydroxyl groups excluding tert-OH is 1. The zero-order valence-electron chi connectivity index (χ0n) is 9.69. The number of aliphatic hydroxyl groups is 1. The first-order valence-corrected chi connectivity index (χ1v) is 5.43. The fourth-order valence-corrected chi connectivity index (χ4v) is 1.57. The van der Waals surface area contributed by atoms with E-state index in [0.717, 1.165) is 11.5 Å². The number of aromatic nitrogens is 4. The minimum atomic E-state index is 0.128. The van der Waals surface area contributed by atoms with Gasteiger partial charge in [-0.05, 0) is 29.6 Å². The molecular formula is C11H15N5O. The Morgan fingerprint density at radius 2 is 2.06 bits per heavy atom. The van der Waals surface area contributed by atoms with Gasteiger partial charge in [0.25, 0.3) is 0 Å². The van der Waals surface area contributed by atoms with Crippen LogP contribution in [-0.4, -0.2) is 50.4 Å². The largest absolute Gasteiger partial charge is 0.395 e. The highest BCUT2D eigenvalue weighted by Gasteiger charge is 2.09. The first-order chi connectivity index (χ1) is 8.31. The van der Waals surface area contributed by atoms with Gasteiger partial charge in [-0.2, -0.15) is 4.68 Å². The molecule has 17 heavy (non-hydrogen) atoms. The summed E-state index contributed by atoms with van der Waals surface area (Å²) in [5.41, 5.74) is 0.935. The Bertz CT molecular complexity index is 456. The van der Waals surface area contributed by atoms with E-state index in [4.69, 9.17) is 5.11 Å². The van der Waals surface area contributed by atoms with Gasteiger partial charge in [-0.1, -0.05) is 18.2 Å². The molecule has 0 spiro atoms. The van der Waals surface area contributed by atoms with Gasteiger partial charge < -0.3 is 5.11 Å². The Morgan fingerprint density at radius 1 is 1.29 bits per heavy atom. The number of tetrazole rings is 1. The molecule has 1 heterocycles. The van der Waals surface area contributed by atoms with Crippen molar-refractivity contribution in [2.45, 2.75) is 6.54 Å². The molecule has 0 saturated heterocycles. The van der Waals surface area contributed by atoms with Gasteiger partial charge in [-0.15, -0.1) is 5.10 Å². The molecule has 90 valence electrons. The molecule has 2 aromatic rings. The predicted octanol–water partition coefficient (Wildman–Crippen LogP) is 0.0864. The lowest BCUT2D eigenvalue weighted by Gasteiger charge is -2.14. The first kappa shape index (κ1) is 11.7. The molecule has 1 aromatic carbocycles. The average Bonchev–Trinajstić information content (AvgIpc) is 2.78. The van der Waals surface area contributed by atoms with Gasteiger partial charge in [0.2, 0.25) is 0 Å². The Morgan fingerprint density at radius 3 is 2.76 bits per heavy atom. The Hall–Kier alpha value is -1.79. The number of para-hydroxylation sites is 1. The molecule has 0 atom stereocenters. The summed E-state index contributed by atoms with van der Waals surface area (Å²) in [4.78, 5) is 1.96. The smallest absolute Gasteiger partial charge is 0.170 e. The van der Waals surface area contributed by atoms with Gasteiger partial charge in [0.15, 0.2) is 5.82 Å². The molecule has 6 nitrogen and oxygen atoms in total. The quantitative estimate of drug-likeness (QED) is 0.792. The Labute approximate surface area is 99.5 Å². The third kappa shape index (κ3) is 2.86. The second-order valence-electron chi connectivity index (χ2n) is 3.80. The minimum absolute atomic E-state index is 0.128. The standard InChI is InChI=1S/C11H15N5O/c1-15(7-8-17)9-11-12-13-14-16(11)10-5-3-2-4-6-10/h2-6,17H,7-9H2,1H3. The Balaban J connectivity index is 2.18. The summed E-state index contributed by atoms with van der Waals surface area (Å²) in [6.45, 7) is 1.33. The third-order valence-electron chi connectivity index (χ3n) is 2.43. The van der Waals surface area contributed by atoms with Crippen LogP contribution in [0.15, 0.2) is 30.3 Å². The summed E-state index contributed by atoms with van der Waals surface area (Å²) in [6, 6.07) is 9.74. The van der Waals surface area contributed by atoms with Gasteiger partial charge in [0.1, 0.15) is 0 Å². The van der Waals surface area contributed by atoms with Crippen molar-refractivity contribution in [2.24, 2.45) is 0 Å². The van der Waals surface area contributed by atoms with Crippen LogP contribution in [0.4, 0.5) is 0 Å². The van der Waals surface area contributed by atoms with Crippen LogP contribution in [0.1, 0.15) is 5.82 Å². The molecule has 0 unspecified atom stereocenters. The molecule has 0 saturated carbocycles. The van der Waals surface area contributed by atoms with Crippen LogP contribution >= 0.6 is 0 Å². The van der Waals surface area contributed by atoms with Crippen molar-refractivity contribution >= 4 is 0 Å². The molecule has 0 amide bonds. The summed E-state index contributed by atoms with van der Waals surface area (Å²) < 4.78 is 1.70. The van der Waals surface area contributed by atoms with E-state index >= 15 is 0 Å². The lowest BCUT2D eigenvalue weighted by molar-refractivity contribution is 0.213. The number of likely N-dealkylation sites (N-methyl/N-ethyl adjacent to an activating group) is 1. The molecule has 0 fully saturated rings. The van der Waals surface area contributed by atoms with Gasteiger partial charge in [0, 0.05) is 6.54 Å². The van der Waals surface area contributed by atoms with Crippen LogP contribution in [0.5, 0.6) is 0 Å². The minimum Gasteiger partial charge on any atom is -0.395 e. The maximum atomic E-state index is 8.85. The number of hydrogen-bond acceptors (Lipinski definition) is 5. The van der Waals surface area contributed by atoms with E-state index in [2.05, 4.69) is 15.5 Å². The van der Waals surface area contributed by atoms with E-state index in [9.17, 15) is 0 Å². The Kier molecular flexibility index (Phi) is 3.79. The van der Waals surface area contributed by atoms with Gasteiger partial charge in [-0.3, -0.25) is 4.90 Å². The third-order valence-corrected chi connectivity index (χ3v) is 2.43. The summed E-state index contributed by atoms with van der Waals surface area (Å²) >= 11 is 0. The molecule has 1 aromatic heterocycles. The van der Waals surface area contributed by atoms with Gasteiger partial charge in [-0.25, -0.2) is 0 Å². The summed E-state index contributed by atoms with van der Waals surface area (Å²) in [5, 5.41) is 20.5. The monoisotopic (exact) mass is 233 g/mol. The fraction of sp³-hybridized carbons (Fsp3) is 0.364. The topological polar surface area (TPSA) is 67.1 Å². The molecule has 0 aliphatic carbocycles. The van der Waals surface area contributed by atoms with Crippen LogP contribution in [0, 0.1) is 0 Å². The predicted molar refractivity (Wildman–Crippen MR) is 62.6 cm³/mol. The highest BCUT2D eigenvalue weighted by molar-refractivity contribution is 5.30. The van der Waals surface area contributed by atoms with E-state index in [1.807, 2.05) is 42.3 Å². The average molecular weight is 233 g/mol. The second kappa shape index (κ2) is 5.51. The van der Waals surface area contributed by atoms with E-state index in [-0.39, 0.29) is 6.61 Å². The fourth-order valence-electron chi connectivity index (χ4n) is 1.57. The summed E-state index contributed by atoms with van der Waals surface area (Å²) in [7, 11) is 1.92. The number of benzene rings is 1.